The highest BCUT2D eigenvalue weighted by Crippen LogP contribution is 2.43. The van der Waals surface area contributed by atoms with Gasteiger partial charge in [0.2, 0.25) is 0 Å². The van der Waals surface area contributed by atoms with Crippen LogP contribution in [0.3, 0.4) is 0 Å². The maximum atomic E-state index is 13.1. The predicted molar refractivity (Wildman–Crippen MR) is 70.3 cm³/mol. The largest absolute Gasteiger partial charge is 0.455 e. The van der Waals surface area contributed by atoms with E-state index in [4.69, 9.17) is 5.73 Å². The van der Waals surface area contributed by atoms with E-state index in [-0.39, 0.29) is 23.4 Å². The fourth-order valence-electron chi connectivity index (χ4n) is 1.58. The van der Waals surface area contributed by atoms with Crippen molar-refractivity contribution in [2.45, 2.75) is 44.3 Å². The first-order valence-corrected chi connectivity index (χ1v) is 5.68. The van der Waals surface area contributed by atoms with Gasteiger partial charge in [0.25, 0.3) is 0 Å². The molecule has 0 aliphatic heterocycles. The molecule has 0 aromatic heterocycles. The Morgan fingerprint density at radius 2 is 1.30 bits per heavy atom. The van der Waals surface area contributed by atoms with Crippen molar-refractivity contribution in [1.82, 2.24) is 0 Å². The third kappa shape index (κ3) is 3.82. The van der Waals surface area contributed by atoms with Gasteiger partial charge in [-0.15, -0.1) is 12.4 Å². The van der Waals surface area contributed by atoms with E-state index in [2.05, 4.69) is 0 Å². The molecule has 0 amide bonds. The van der Waals surface area contributed by atoms with Crippen molar-refractivity contribution in [3.63, 3.8) is 0 Å². The second-order valence-electron chi connectivity index (χ2n) is 5.47. The van der Waals surface area contributed by atoms with Crippen molar-refractivity contribution in [2.75, 3.05) is 0 Å². The highest BCUT2D eigenvalue weighted by Gasteiger charge is 2.61. The minimum Gasteiger partial charge on any atom is -0.319 e. The van der Waals surface area contributed by atoms with Crippen LogP contribution in [0.25, 0.3) is 0 Å². The average molecular weight is 318 g/mol. The van der Waals surface area contributed by atoms with Crippen LogP contribution in [0.1, 0.15) is 37.9 Å². The van der Waals surface area contributed by atoms with Crippen LogP contribution in [0.15, 0.2) is 24.3 Å². The Balaban J connectivity index is 0.00000361. The Labute approximate surface area is 120 Å². The summed E-state index contributed by atoms with van der Waals surface area (Å²) in [5, 5.41) is 0. The van der Waals surface area contributed by atoms with Crippen LogP contribution >= 0.6 is 12.4 Å². The summed E-state index contributed by atoms with van der Waals surface area (Å²) in [6.07, 6.45) is -5.66. The van der Waals surface area contributed by atoms with Crippen molar-refractivity contribution in [2.24, 2.45) is 5.73 Å². The van der Waals surface area contributed by atoms with Gasteiger partial charge in [-0.2, -0.15) is 22.0 Å². The lowest BCUT2D eigenvalue weighted by Gasteiger charge is -2.26. The van der Waals surface area contributed by atoms with Gasteiger partial charge in [-0.1, -0.05) is 45.0 Å². The molecule has 0 fully saturated rings. The van der Waals surface area contributed by atoms with E-state index in [1.165, 1.54) is 24.3 Å². The molecule has 1 rings (SSSR count). The van der Waals surface area contributed by atoms with E-state index in [1.54, 1.807) is 0 Å². The Bertz CT molecular complexity index is 434. The summed E-state index contributed by atoms with van der Waals surface area (Å²) in [4.78, 5) is 0. The summed E-state index contributed by atoms with van der Waals surface area (Å²) in [7, 11) is 0. The summed E-state index contributed by atoms with van der Waals surface area (Å²) >= 11 is 0. The van der Waals surface area contributed by atoms with E-state index in [1.807, 2.05) is 20.8 Å². The smallest absolute Gasteiger partial charge is 0.319 e. The molecule has 0 saturated heterocycles. The molecule has 0 radical (unpaired) electrons. The van der Waals surface area contributed by atoms with Crippen LogP contribution in [-0.2, 0) is 5.41 Å². The van der Waals surface area contributed by atoms with Gasteiger partial charge < -0.3 is 5.73 Å². The molecule has 1 aromatic carbocycles. The molecule has 1 atom stereocenters. The van der Waals surface area contributed by atoms with Crippen molar-refractivity contribution >= 4 is 12.4 Å². The molecule has 0 aliphatic rings. The van der Waals surface area contributed by atoms with Crippen molar-refractivity contribution in [1.29, 1.82) is 0 Å². The molecule has 0 heterocycles. The second kappa shape index (κ2) is 5.85. The maximum absolute atomic E-state index is 13.1. The van der Waals surface area contributed by atoms with Gasteiger partial charge in [0.15, 0.2) is 0 Å². The highest BCUT2D eigenvalue weighted by atomic mass is 35.5. The topological polar surface area (TPSA) is 26.0 Å². The van der Waals surface area contributed by atoms with Gasteiger partial charge in [0.1, 0.15) is 6.04 Å². The zero-order valence-electron chi connectivity index (χ0n) is 11.3. The van der Waals surface area contributed by atoms with Gasteiger partial charge in [-0.3, -0.25) is 0 Å². The summed E-state index contributed by atoms with van der Waals surface area (Å²) in [5.74, 6) is -4.95. The predicted octanol–water partition coefficient (Wildman–Crippen LogP) is 4.60. The Morgan fingerprint density at radius 3 is 1.60 bits per heavy atom. The number of nitrogens with two attached hydrogens (primary N) is 1. The molecule has 7 heteroatoms. The summed E-state index contributed by atoms with van der Waals surface area (Å²) in [6.45, 7) is 5.73. The zero-order valence-corrected chi connectivity index (χ0v) is 12.1. The van der Waals surface area contributed by atoms with Crippen molar-refractivity contribution < 1.29 is 22.0 Å². The lowest BCUT2D eigenvalue weighted by atomic mass is 9.86. The van der Waals surface area contributed by atoms with Gasteiger partial charge in [-0.25, -0.2) is 0 Å². The van der Waals surface area contributed by atoms with Crippen LogP contribution in [0.2, 0.25) is 0 Å². The lowest BCUT2D eigenvalue weighted by molar-refractivity contribution is -0.291. The standard InChI is InChI=1S/C13H16F5N.ClH/c1-11(2,3)9-6-4-8(5-7-9)10(19)12(14,15)13(16,17)18;/h4-7,10H,19H2,1-3H3;1H/t10-;/m1./s1. The summed E-state index contributed by atoms with van der Waals surface area (Å²) < 4.78 is 62.8. The second-order valence-corrected chi connectivity index (χ2v) is 5.47. The molecule has 0 spiro atoms. The number of hydrogen-bond donors (Lipinski definition) is 1. The Hall–Kier alpha value is -0.880. The van der Waals surface area contributed by atoms with Crippen LogP contribution in [0, 0.1) is 0 Å². The maximum Gasteiger partial charge on any atom is 0.455 e. The molecular weight excluding hydrogens is 301 g/mol. The zero-order chi connectivity index (χ0) is 15.1. The number of rotatable bonds is 2. The van der Waals surface area contributed by atoms with Crippen molar-refractivity contribution in [3.8, 4) is 0 Å². The normalized spacial score (nSPS) is 14.7. The molecule has 20 heavy (non-hydrogen) atoms. The highest BCUT2D eigenvalue weighted by molar-refractivity contribution is 5.85. The summed E-state index contributed by atoms with van der Waals surface area (Å²) in [5.41, 5.74) is 5.43. The number of hydrogen-bond acceptors (Lipinski definition) is 1. The Morgan fingerprint density at radius 1 is 0.900 bits per heavy atom. The molecule has 0 bridgehead atoms. The van der Waals surface area contributed by atoms with Gasteiger partial charge in [-0.05, 0) is 16.5 Å². The SMILES string of the molecule is CC(C)(C)c1ccc([C@@H](N)C(F)(F)C(F)(F)F)cc1.Cl. The number of halogens is 6. The van der Waals surface area contributed by atoms with Gasteiger partial charge >= 0.3 is 12.1 Å². The van der Waals surface area contributed by atoms with Gasteiger partial charge in [0.05, 0.1) is 0 Å². The van der Waals surface area contributed by atoms with E-state index >= 15 is 0 Å². The van der Waals surface area contributed by atoms with Crippen LogP contribution < -0.4 is 5.73 Å². The van der Waals surface area contributed by atoms with E-state index in [0.717, 1.165) is 5.56 Å². The molecule has 1 nitrogen and oxygen atoms in total. The number of alkyl halides is 5. The third-order valence-electron chi connectivity index (χ3n) is 2.90. The molecular formula is C13H17ClF5N. The first-order chi connectivity index (χ1) is 8.37. The van der Waals surface area contributed by atoms with Crippen LogP contribution in [0.4, 0.5) is 22.0 Å². The minimum absolute atomic E-state index is 0. The average Bonchev–Trinajstić information content (AvgIpc) is 2.25. The lowest BCUT2D eigenvalue weighted by Crippen LogP contribution is -2.45. The van der Waals surface area contributed by atoms with Crippen LogP contribution in [-0.4, -0.2) is 12.1 Å². The molecule has 0 aliphatic carbocycles. The molecule has 116 valence electrons. The molecule has 0 saturated carbocycles. The fraction of sp³-hybridized carbons (Fsp3) is 0.538. The monoisotopic (exact) mass is 317 g/mol. The quantitative estimate of drug-likeness (QED) is 0.792. The Kier molecular flexibility index (Phi) is 5.60. The molecule has 0 unspecified atom stereocenters. The van der Waals surface area contributed by atoms with Crippen LogP contribution in [0.5, 0.6) is 0 Å². The minimum atomic E-state index is -5.66. The third-order valence-corrected chi connectivity index (χ3v) is 2.90. The van der Waals surface area contributed by atoms with E-state index in [0.29, 0.717) is 0 Å². The summed E-state index contributed by atoms with van der Waals surface area (Å²) in [6, 6.07) is 3.06. The molecule has 2 N–H and O–H groups in total. The molecule has 1 aromatic rings. The fourth-order valence-corrected chi connectivity index (χ4v) is 1.58. The van der Waals surface area contributed by atoms with E-state index < -0.39 is 18.1 Å². The van der Waals surface area contributed by atoms with Crippen molar-refractivity contribution in [3.05, 3.63) is 35.4 Å². The van der Waals surface area contributed by atoms with Gasteiger partial charge in [0, 0.05) is 0 Å². The van der Waals surface area contributed by atoms with E-state index in [9.17, 15) is 22.0 Å². The first kappa shape index (κ1) is 19.1. The number of benzene rings is 1. The first-order valence-electron chi connectivity index (χ1n) is 5.68.